The van der Waals surface area contributed by atoms with Crippen LogP contribution in [0.4, 0.5) is 0 Å². The van der Waals surface area contributed by atoms with Gasteiger partial charge in [-0.25, -0.2) is 0 Å². The minimum Gasteiger partial charge on any atom is -0.508 e. The molecule has 0 bridgehead atoms. The fourth-order valence-corrected chi connectivity index (χ4v) is 3.48. The van der Waals surface area contributed by atoms with Gasteiger partial charge in [-0.1, -0.05) is 30.3 Å². The lowest BCUT2D eigenvalue weighted by Gasteiger charge is -2.36. The molecule has 3 rings (SSSR count). The van der Waals surface area contributed by atoms with Crippen molar-refractivity contribution >= 4 is 29.9 Å². The number of phenols is 1. The third kappa shape index (κ3) is 8.02. The first-order chi connectivity index (χ1) is 14.2. The number of aryl methyl sites for hydroxylation is 1. The minimum atomic E-state index is 0. The van der Waals surface area contributed by atoms with Crippen molar-refractivity contribution < 1.29 is 9.84 Å². The van der Waals surface area contributed by atoms with Crippen molar-refractivity contribution in [3.63, 3.8) is 0 Å². The van der Waals surface area contributed by atoms with E-state index in [0.717, 1.165) is 63.8 Å². The molecule has 0 saturated carbocycles. The van der Waals surface area contributed by atoms with Crippen LogP contribution in [0.1, 0.15) is 12.0 Å². The molecule has 1 aliphatic rings. The van der Waals surface area contributed by atoms with Crippen molar-refractivity contribution in [2.75, 3.05) is 52.9 Å². The van der Waals surface area contributed by atoms with E-state index in [2.05, 4.69) is 20.1 Å². The first-order valence-corrected chi connectivity index (χ1v) is 10.4. The lowest BCUT2D eigenvalue weighted by molar-refractivity contribution is 0.152. The number of guanidine groups is 1. The molecule has 0 aromatic heterocycles. The van der Waals surface area contributed by atoms with Crippen LogP contribution in [-0.4, -0.2) is 73.8 Å². The molecule has 7 heteroatoms. The van der Waals surface area contributed by atoms with E-state index in [1.807, 2.05) is 49.5 Å². The second-order valence-corrected chi connectivity index (χ2v) is 7.23. The average molecular weight is 524 g/mol. The predicted molar refractivity (Wildman–Crippen MR) is 133 cm³/mol. The maximum Gasteiger partial charge on any atom is 0.193 e. The van der Waals surface area contributed by atoms with Crippen LogP contribution in [0.25, 0.3) is 0 Å². The lowest BCUT2D eigenvalue weighted by atomic mass is 10.1. The summed E-state index contributed by atoms with van der Waals surface area (Å²) in [7, 11) is 1.85. The molecule has 1 heterocycles. The Balaban J connectivity index is 0.00000320. The summed E-state index contributed by atoms with van der Waals surface area (Å²) in [5.74, 6) is 2.23. The van der Waals surface area contributed by atoms with Crippen LogP contribution in [0.5, 0.6) is 11.5 Å². The van der Waals surface area contributed by atoms with Crippen LogP contribution in [0.3, 0.4) is 0 Å². The second-order valence-electron chi connectivity index (χ2n) is 7.23. The average Bonchev–Trinajstić information content (AvgIpc) is 2.76. The number of hydrogen-bond donors (Lipinski definition) is 2. The van der Waals surface area contributed by atoms with Gasteiger partial charge in [0, 0.05) is 46.3 Å². The Morgan fingerprint density at radius 2 is 1.73 bits per heavy atom. The van der Waals surface area contributed by atoms with Crippen LogP contribution in [-0.2, 0) is 6.42 Å². The van der Waals surface area contributed by atoms with Gasteiger partial charge in [-0.2, -0.15) is 0 Å². The lowest BCUT2D eigenvalue weighted by Crippen LogP contribution is -2.53. The Hall–Kier alpha value is -2.00. The molecule has 2 N–H and O–H groups in total. The summed E-state index contributed by atoms with van der Waals surface area (Å²) in [5.41, 5.74) is 1.24. The maximum atomic E-state index is 9.35. The van der Waals surface area contributed by atoms with E-state index in [9.17, 15) is 5.11 Å². The monoisotopic (exact) mass is 524 g/mol. The number of piperazine rings is 1. The number of nitrogens with one attached hydrogen (secondary N) is 1. The third-order valence-electron chi connectivity index (χ3n) is 5.16. The maximum absolute atomic E-state index is 9.35. The number of ether oxygens (including phenoxy) is 1. The standard InChI is InChI=1S/C23H32N4O2.HI/c1-24-23(25-13-5-6-20-9-11-21(28)12-10-20)27-16-14-26(15-17-27)18-19-29-22-7-3-2-4-8-22;/h2-4,7-12,28H,5-6,13-19H2,1H3,(H,24,25);1H. The number of benzene rings is 2. The molecule has 0 amide bonds. The molecule has 0 aliphatic carbocycles. The Kier molecular flexibility index (Phi) is 10.8. The smallest absolute Gasteiger partial charge is 0.193 e. The predicted octanol–water partition coefficient (Wildman–Crippen LogP) is 3.21. The Morgan fingerprint density at radius 1 is 1.03 bits per heavy atom. The quantitative estimate of drug-likeness (QED) is 0.241. The first kappa shape index (κ1) is 24.3. The van der Waals surface area contributed by atoms with Gasteiger partial charge in [-0.15, -0.1) is 24.0 Å². The zero-order chi connectivity index (χ0) is 20.3. The second kappa shape index (κ2) is 13.3. The summed E-state index contributed by atoms with van der Waals surface area (Å²) in [4.78, 5) is 9.22. The van der Waals surface area contributed by atoms with Gasteiger partial charge >= 0.3 is 0 Å². The molecule has 0 unspecified atom stereocenters. The molecule has 1 fully saturated rings. The molecule has 30 heavy (non-hydrogen) atoms. The van der Waals surface area contributed by atoms with Gasteiger partial charge in [0.2, 0.25) is 0 Å². The van der Waals surface area contributed by atoms with E-state index < -0.39 is 0 Å². The van der Waals surface area contributed by atoms with Gasteiger partial charge in [0.1, 0.15) is 18.1 Å². The SMILES string of the molecule is CN=C(NCCCc1ccc(O)cc1)N1CCN(CCOc2ccccc2)CC1.I. The topological polar surface area (TPSA) is 60.3 Å². The molecule has 0 atom stereocenters. The molecular formula is C23H33IN4O2. The Labute approximate surface area is 197 Å². The first-order valence-electron chi connectivity index (χ1n) is 10.4. The number of halogens is 1. The molecule has 6 nitrogen and oxygen atoms in total. The fourth-order valence-electron chi connectivity index (χ4n) is 3.48. The number of aliphatic imine (C=N–C) groups is 1. The Morgan fingerprint density at radius 3 is 2.40 bits per heavy atom. The van der Waals surface area contributed by atoms with Gasteiger partial charge in [0.05, 0.1) is 0 Å². The molecule has 1 saturated heterocycles. The zero-order valence-electron chi connectivity index (χ0n) is 17.7. The third-order valence-corrected chi connectivity index (χ3v) is 5.16. The molecule has 2 aromatic carbocycles. The van der Waals surface area contributed by atoms with Crippen LogP contribution in [0.2, 0.25) is 0 Å². The van der Waals surface area contributed by atoms with E-state index >= 15 is 0 Å². The highest BCUT2D eigenvalue weighted by Crippen LogP contribution is 2.11. The summed E-state index contributed by atoms with van der Waals surface area (Å²) in [6.07, 6.45) is 2.01. The van der Waals surface area contributed by atoms with Crippen LogP contribution >= 0.6 is 24.0 Å². The van der Waals surface area contributed by atoms with Crippen LogP contribution < -0.4 is 10.1 Å². The van der Waals surface area contributed by atoms with Gasteiger partial charge in [0.25, 0.3) is 0 Å². The van der Waals surface area contributed by atoms with E-state index in [-0.39, 0.29) is 24.0 Å². The van der Waals surface area contributed by atoms with Gasteiger partial charge < -0.3 is 20.1 Å². The van der Waals surface area contributed by atoms with Crippen LogP contribution in [0, 0.1) is 0 Å². The molecular weight excluding hydrogens is 491 g/mol. The zero-order valence-corrected chi connectivity index (χ0v) is 20.0. The van der Waals surface area contributed by atoms with Crippen LogP contribution in [0.15, 0.2) is 59.6 Å². The highest BCUT2D eigenvalue weighted by molar-refractivity contribution is 14.0. The van der Waals surface area contributed by atoms with Crippen molar-refractivity contribution in [2.24, 2.45) is 4.99 Å². The molecule has 2 aromatic rings. The molecule has 0 radical (unpaired) electrons. The summed E-state index contributed by atoms with van der Waals surface area (Å²) in [6.45, 7) is 6.54. The number of para-hydroxylation sites is 1. The summed E-state index contributed by atoms with van der Waals surface area (Å²) < 4.78 is 5.81. The van der Waals surface area contributed by atoms with Crippen molar-refractivity contribution in [1.82, 2.24) is 15.1 Å². The largest absolute Gasteiger partial charge is 0.508 e. The summed E-state index contributed by atoms with van der Waals surface area (Å²) >= 11 is 0. The van der Waals surface area contributed by atoms with Gasteiger partial charge in [0.15, 0.2) is 5.96 Å². The van der Waals surface area contributed by atoms with E-state index in [4.69, 9.17) is 4.74 Å². The number of aromatic hydroxyl groups is 1. The highest BCUT2D eigenvalue weighted by atomic mass is 127. The van der Waals surface area contributed by atoms with Crippen molar-refractivity contribution in [1.29, 1.82) is 0 Å². The van der Waals surface area contributed by atoms with Gasteiger partial charge in [-0.3, -0.25) is 9.89 Å². The Bertz CT molecular complexity index is 748. The fraction of sp³-hybridized carbons (Fsp3) is 0.435. The highest BCUT2D eigenvalue weighted by Gasteiger charge is 2.19. The van der Waals surface area contributed by atoms with Crippen molar-refractivity contribution in [2.45, 2.75) is 12.8 Å². The number of nitrogens with zero attached hydrogens (tertiary/aromatic N) is 3. The number of hydrogen-bond acceptors (Lipinski definition) is 4. The summed E-state index contributed by atoms with van der Waals surface area (Å²) in [5, 5.41) is 12.8. The van der Waals surface area contributed by atoms with Crippen molar-refractivity contribution in [3.05, 3.63) is 60.2 Å². The van der Waals surface area contributed by atoms with E-state index in [0.29, 0.717) is 12.4 Å². The van der Waals surface area contributed by atoms with E-state index in [1.54, 1.807) is 12.1 Å². The minimum absolute atomic E-state index is 0. The molecule has 0 spiro atoms. The number of phenolic OH excluding ortho intramolecular Hbond substituents is 1. The van der Waals surface area contributed by atoms with E-state index in [1.165, 1.54) is 5.56 Å². The normalized spacial score (nSPS) is 14.8. The van der Waals surface area contributed by atoms with Crippen molar-refractivity contribution in [3.8, 4) is 11.5 Å². The molecule has 1 aliphatic heterocycles. The number of rotatable bonds is 8. The summed E-state index contributed by atoms with van der Waals surface area (Å²) in [6, 6.07) is 17.4. The molecule has 164 valence electrons. The van der Waals surface area contributed by atoms with Gasteiger partial charge in [-0.05, 0) is 42.7 Å².